The van der Waals surface area contributed by atoms with Gasteiger partial charge in [0.25, 0.3) is 0 Å². The van der Waals surface area contributed by atoms with Gasteiger partial charge < -0.3 is 25.4 Å². The fraction of sp³-hybridized carbons (Fsp3) is 0.273. The third kappa shape index (κ3) is 5.80. The number of carbonyl (C=O) groups is 2. The Balaban J connectivity index is 1.34. The lowest BCUT2D eigenvalue weighted by Gasteiger charge is -2.23. The molecule has 2 amide bonds. The maximum atomic E-state index is 13.4. The minimum atomic E-state index is -1.05. The molecule has 0 aliphatic carbocycles. The molecule has 1 fully saturated rings. The third-order valence-corrected chi connectivity index (χ3v) is 7.86. The van der Waals surface area contributed by atoms with E-state index in [-0.39, 0.29) is 29.5 Å². The Labute approximate surface area is 234 Å². The van der Waals surface area contributed by atoms with Gasteiger partial charge in [-0.25, -0.2) is 9.59 Å². The van der Waals surface area contributed by atoms with Crippen LogP contribution in [0.25, 0.3) is 10.8 Å². The number of ether oxygens (including phenoxy) is 1. The van der Waals surface area contributed by atoms with Crippen molar-refractivity contribution in [3.8, 4) is 5.75 Å². The number of nitrogens with zero attached hydrogens (tertiary/aromatic N) is 1. The zero-order valence-electron chi connectivity index (χ0n) is 23.1. The fourth-order valence-electron chi connectivity index (χ4n) is 5.71. The Morgan fingerprint density at radius 1 is 1.00 bits per heavy atom. The number of hydrogen-bond donors (Lipinski definition) is 3. The van der Waals surface area contributed by atoms with Crippen LogP contribution in [0.4, 0.5) is 10.5 Å². The number of aromatic carboxylic acids is 1. The Morgan fingerprint density at radius 3 is 2.55 bits per heavy atom. The zero-order chi connectivity index (χ0) is 28.2. The molecular weight excluding hydrogens is 502 g/mol. The van der Waals surface area contributed by atoms with Gasteiger partial charge >= 0.3 is 12.0 Å². The van der Waals surface area contributed by atoms with Crippen molar-refractivity contribution >= 4 is 28.5 Å². The molecule has 7 nitrogen and oxygen atoms in total. The molecular formula is C33H35N3O4. The fourth-order valence-corrected chi connectivity index (χ4v) is 5.71. The van der Waals surface area contributed by atoms with Crippen LogP contribution in [0.1, 0.15) is 45.9 Å². The second-order valence-corrected chi connectivity index (χ2v) is 10.5. The highest BCUT2D eigenvalue weighted by molar-refractivity contribution is 5.94. The Morgan fingerprint density at radius 2 is 1.77 bits per heavy atom. The second kappa shape index (κ2) is 11.8. The van der Waals surface area contributed by atoms with E-state index in [1.54, 1.807) is 6.07 Å². The normalized spacial score (nSPS) is 17.5. The number of carbonyl (C=O) groups excluding carboxylic acids is 1. The van der Waals surface area contributed by atoms with Crippen LogP contribution in [0.2, 0.25) is 0 Å². The summed E-state index contributed by atoms with van der Waals surface area (Å²) in [7, 11) is 1.46. The summed E-state index contributed by atoms with van der Waals surface area (Å²) >= 11 is 0. The van der Waals surface area contributed by atoms with Crippen molar-refractivity contribution in [1.29, 1.82) is 0 Å². The molecule has 0 unspecified atom stereocenters. The van der Waals surface area contributed by atoms with Crippen molar-refractivity contribution in [2.45, 2.75) is 25.8 Å². The molecule has 0 spiro atoms. The summed E-state index contributed by atoms with van der Waals surface area (Å²) in [5.74, 6) is -0.356. The summed E-state index contributed by atoms with van der Waals surface area (Å²) in [5.41, 5.74) is 4.22. The summed E-state index contributed by atoms with van der Waals surface area (Å²) < 4.78 is 5.36. The average Bonchev–Trinajstić information content (AvgIpc) is 3.40. The average molecular weight is 538 g/mol. The van der Waals surface area contributed by atoms with Crippen molar-refractivity contribution in [3.63, 3.8) is 0 Å². The van der Waals surface area contributed by atoms with Crippen LogP contribution in [0, 0.1) is 12.8 Å². The molecule has 3 atom stereocenters. The number of urea groups is 1. The van der Waals surface area contributed by atoms with Crippen LogP contribution in [-0.4, -0.2) is 48.8 Å². The number of likely N-dealkylation sites (tertiary alicyclic amines) is 1. The summed E-state index contributed by atoms with van der Waals surface area (Å²) in [6.07, 6.45) is 0. The summed E-state index contributed by atoms with van der Waals surface area (Å²) in [4.78, 5) is 26.6. The summed E-state index contributed by atoms with van der Waals surface area (Å²) in [6.45, 7) is 6.21. The minimum Gasteiger partial charge on any atom is -0.495 e. The number of rotatable bonds is 8. The molecule has 206 valence electrons. The first-order valence-electron chi connectivity index (χ1n) is 13.6. The minimum absolute atomic E-state index is 0.0991. The van der Waals surface area contributed by atoms with Crippen LogP contribution in [0.5, 0.6) is 5.75 Å². The molecule has 1 aliphatic rings. The van der Waals surface area contributed by atoms with E-state index in [2.05, 4.69) is 91.2 Å². The standard InChI is InChI=1S/C33H35N3O4/c1-21-8-6-11-24(16-21)29-20-36(33(39)35-30-15-14-25(32(37)38)17-31(30)40-3)19-26(29)18-34-22(2)27-13-7-10-23-9-4-5-12-28(23)27/h4-17,22,26,29,34H,18-20H2,1-3H3,(H,35,39)(H,37,38)/t22-,26-,29-/m1/s1. The summed E-state index contributed by atoms with van der Waals surface area (Å²) in [6, 6.07) is 27.7. The van der Waals surface area contributed by atoms with E-state index in [0.29, 0.717) is 24.5 Å². The largest absolute Gasteiger partial charge is 0.495 e. The number of fused-ring (bicyclic) bond motifs is 1. The molecule has 40 heavy (non-hydrogen) atoms. The maximum absolute atomic E-state index is 13.4. The Hall–Kier alpha value is -4.36. The van der Waals surface area contributed by atoms with Crippen molar-refractivity contribution in [1.82, 2.24) is 10.2 Å². The van der Waals surface area contributed by atoms with E-state index < -0.39 is 5.97 Å². The van der Waals surface area contributed by atoms with E-state index in [9.17, 15) is 14.7 Å². The number of methoxy groups -OCH3 is 1. The number of aryl methyl sites for hydroxylation is 1. The van der Waals surface area contributed by atoms with E-state index in [0.717, 1.165) is 6.54 Å². The molecule has 0 saturated carbocycles. The molecule has 4 aromatic rings. The molecule has 1 heterocycles. The van der Waals surface area contributed by atoms with E-state index >= 15 is 0 Å². The van der Waals surface area contributed by atoms with E-state index in [1.165, 1.54) is 46.7 Å². The smallest absolute Gasteiger partial charge is 0.335 e. The molecule has 3 N–H and O–H groups in total. The second-order valence-electron chi connectivity index (χ2n) is 10.5. The van der Waals surface area contributed by atoms with Gasteiger partial charge in [0.05, 0.1) is 18.4 Å². The van der Waals surface area contributed by atoms with Gasteiger partial charge in [0, 0.05) is 31.6 Å². The molecule has 0 aromatic heterocycles. The Kier molecular flexibility index (Phi) is 8.03. The highest BCUT2D eigenvalue weighted by atomic mass is 16.5. The number of benzene rings is 4. The Bertz CT molecular complexity index is 1530. The predicted molar refractivity (Wildman–Crippen MR) is 158 cm³/mol. The van der Waals surface area contributed by atoms with E-state index in [4.69, 9.17) is 4.74 Å². The SMILES string of the molecule is COc1cc(C(=O)O)ccc1NC(=O)N1C[C@@H](CN[C@H](C)c2cccc3ccccc23)[C@@H](c2cccc(C)c2)C1. The van der Waals surface area contributed by atoms with Gasteiger partial charge in [-0.1, -0.05) is 72.3 Å². The van der Waals surface area contributed by atoms with Gasteiger partial charge in [-0.15, -0.1) is 0 Å². The van der Waals surface area contributed by atoms with Crippen LogP contribution in [0.15, 0.2) is 84.9 Å². The molecule has 0 bridgehead atoms. The number of hydrogen-bond acceptors (Lipinski definition) is 4. The van der Waals surface area contributed by atoms with Crippen molar-refractivity contribution in [2.24, 2.45) is 5.92 Å². The van der Waals surface area contributed by atoms with Gasteiger partial charge in [0.1, 0.15) is 5.75 Å². The van der Waals surface area contributed by atoms with Crippen LogP contribution < -0.4 is 15.4 Å². The predicted octanol–water partition coefficient (Wildman–Crippen LogP) is 6.45. The third-order valence-electron chi connectivity index (χ3n) is 7.86. The van der Waals surface area contributed by atoms with Gasteiger partial charge in [-0.05, 0) is 59.9 Å². The number of anilines is 1. The monoisotopic (exact) mass is 537 g/mol. The van der Waals surface area contributed by atoms with E-state index in [1.807, 2.05) is 4.90 Å². The van der Waals surface area contributed by atoms with Crippen molar-refractivity contribution in [3.05, 3.63) is 107 Å². The van der Waals surface area contributed by atoms with Gasteiger partial charge in [0.2, 0.25) is 0 Å². The molecule has 7 heteroatoms. The maximum Gasteiger partial charge on any atom is 0.335 e. The number of amides is 2. The quantitative estimate of drug-likeness (QED) is 0.240. The highest BCUT2D eigenvalue weighted by Gasteiger charge is 2.36. The van der Waals surface area contributed by atoms with Crippen LogP contribution in [-0.2, 0) is 0 Å². The molecule has 1 saturated heterocycles. The van der Waals surface area contributed by atoms with Gasteiger partial charge in [0.15, 0.2) is 0 Å². The van der Waals surface area contributed by atoms with Crippen molar-refractivity contribution in [2.75, 3.05) is 32.1 Å². The first-order valence-corrected chi connectivity index (χ1v) is 13.6. The number of carboxylic acids is 1. The zero-order valence-corrected chi connectivity index (χ0v) is 23.1. The van der Waals surface area contributed by atoms with Crippen LogP contribution >= 0.6 is 0 Å². The number of carboxylic acid groups (broad SMARTS) is 1. The first-order chi connectivity index (χ1) is 19.3. The van der Waals surface area contributed by atoms with Gasteiger partial charge in [-0.2, -0.15) is 0 Å². The highest BCUT2D eigenvalue weighted by Crippen LogP contribution is 2.35. The topological polar surface area (TPSA) is 90.9 Å². The molecule has 4 aromatic carbocycles. The van der Waals surface area contributed by atoms with Gasteiger partial charge in [-0.3, -0.25) is 0 Å². The first kappa shape index (κ1) is 27.2. The summed E-state index contributed by atoms with van der Waals surface area (Å²) in [5, 5.41) is 18.5. The lowest BCUT2D eigenvalue weighted by atomic mass is 9.88. The van der Waals surface area contributed by atoms with Crippen LogP contribution in [0.3, 0.4) is 0 Å². The molecule has 0 radical (unpaired) electrons. The molecule has 1 aliphatic heterocycles. The lowest BCUT2D eigenvalue weighted by molar-refractivity contribution is 0.0696. The number of nitrogens with one attached hydrogen (secondary N) is 2. The molecule has 5 rings (SSSR count). The lowest BCUT2D eigenvalue weighted by Crippen LogP contribution is -2.34. The van der Waals surface area contributed by atoms with Crippen molar-refractivity contribution < 1.29 is 19.4 Å².